The number of carbonyl (C=O) groups excluding carboxylic acids is 1. The Morgan fingerprint density at radius 1 is 1.06 bits per heavy atom. The largest absolute Gasteiger partial charge is 0.512 e. The molecule has 4 rings (SSSR count). The first-order chi connectivity index (χ1) is 14.3. The van der Waals surface area contributed by atoms with E-state index < -0.39 is 0 Å². The summed E-state index contributed by atoms with van der Waals surface area (Å²) < 4.78 is 2.14. The molecule has 0 aliphatic heterocycles. The van der Waals surface area contributed by atoms with Crippen LogP contribution in [0.15, 0.2) is 78.8 Å². The maximum atomic E-state index is 10.0. The van der Waals surface area contributed by atoms with Gasteiger partial charge in [0.25, 0.3) is 0 Å². The van der Waals surface area contributed by atoms with Crippen molar-refractivity contribution in [1.82, 2.24) is 9.55 Å². The minimum atomic E-state index is -0.125. The Hall–Kier alpha value is -3.01. The van der Waals surface area contributed by atoms with E-state index in [1.54, 1.807) is 0 Å². The zero-order chi connectivity index (χ0) is 21.7. The molecule has 0 unspecified atom stereocenters. The molecule has 5 heteroatoms. The number of pyridine rings is 1. The van der Waals surface area contributed by atoms with Crippen molar-refractivity contribution in [2.75, 3.05) is 0 Å². The second-order valence-electron chi connectivity index (χ2n) is 7.29. The molecule has 4 nitrogen and oxygen atoms in total. The van der Waals surface area contributed by atoms with Crippen LogP contribution in [0.1, 0.15) is 25.0 Å². The molecule has 1 radical (unpaired) electrons. The van der Waals surface area contributed by atoms with Crippen LogP contribution in [0.2, 0.25) is 0 Å². The van der Waals surface area contributed by atoms with E-state index in [2.05, 4.69) is 73.3 Å². The minimum Gasteiger partial charge on any atom is -0.512 e. The van der Waals surface area contributed by atoms with Gasteiger partial charge in [-0.1, -0.05) is 19.1 Å². The number of fused-ring (bicyclic) bond motifs is 1. The summed E-state index contributed by atoms with van der Waals surface area (Å²) in [6.07, 6.45) is 5.30. The molecule has 0 aliphatic carbocycles. The molecule has 0 saturated carbocycles. The van der Waals surface area contributed by atoms with E-state index in [-0.39, 0.29) is 31.6 Å². The van der Waals surface area contributed by atoms with Crippen LogP contribution >= 0.6 is 0 Å². The van der Waals surface area contributed by atoms with Crippen LogP contribution in [-0.4, -0.2) is 20.4 Å². The normalized spacial score (nSPS) is 10.8. The van der Waals surface area contributed by atoms with Crippen molar-refractivity contribution in [1.29, 1.82) is 0 Å². The summed E-state index contributed by atoms with van der Waals surface area (Å²) in [5.41, 5.74) is 6.66. The summed E-state index contributed by atoms with van der Waals surface area (Å²) in [7, 11) is 0. The number of ketones is 1. The van der Waals surface area contributed by atoms with Crippen LogP contribution in [0, 0.1) is 19.9 Å². The quantitative estimate of drug-likeness (QED) is 0.177. The van der Waals surface area contributed by atoms with Gasteiger partial charge in [-0.15, -0.1) is 35.4 Å². The van der Waals surface area contributed by atoms with Gasteiger partial charge in [0.1, 0.15) is 0 Å². The number of carbonyl (C=O) groups is 1. The zero-order valence-electron chi connectivity index (χ0n) is 18.0. The fourth-order valence-electron chi connectivity index (χ4n) is 3.21. The van der Waals surface area contributed by atoms with Gasteiger partial charge in [0.15, 0.2) is 5.78 Å². The van der Waals surface area contributed by atoms with E-state index in [1.807, 2.05) is 18.2 Å². The second kappa shape index (κ2) is 10.9. The number of aromatic nitrogens is 2. The Kier molecular flexibility index (Phi) is 8.49. The molecule has 0 fully saturated rings. The van der Waals surface area contributed by atoms with E-state index in [0.29, 0.717) is 0 Å². The van der Waals surface area contributed by atoms with Gasteiger partial charge in [-0.25, -0.2) is 0 Å². The van der Waals surface area contributed by atoms with Crippen LogP contribution in [-0.2, 0) is 24.9 Å². The van der Waals surface area contributed by atoms with E-state index in [1.165, 1.54) is 36.7 Å². The number of hydrogen-bond acceptors (Lipinski definition) is 3. The Morgan fingerprint density at radius 3 is 2.35 bits per heavy atom. The summed E-state index contributed by atoms with van der Waals surface area (Å²) in [6.45, 7) is 7.06. The average Bonchev–Trinajstić information content (AvgIpc) is 3.21. The topological polar surface area (TPSA) is 55.1 Å². The molecule has 0 atom stereocenters. The molecule has 4 aromatic rings. The molecule has 0 amide bonds. The van der Waals surface area contributed by atoms with Crippen molar-refractivity contribution in [2.24, 2.45) is 0 Å². The number of aryl methyl sites for hydroxylation is 2. The van der Waals surface area contributed by atoms with Crippen LogP contribution in [0.4, 0.5) is 0 Å². The first-order valence-electron chi connectivity index (χ1n) is 9.75. The van der Waals surface area contributed by atoms with E-state index in [9.17, 15) is 4.79 Å². The zero-order valence-corrected chi connectivity index (χ0v) is 20.4. The van der Waals surface area contributed by atoms with E-state index in [4.69, 9.17) is 10.1 Å². The fourth-order valence-corrected chi connectivity index (χ4v) is 3.21. The van der Waals surface area contributed by atoms with Gasteiger partial charge in [-0.3, -0.25) is 9.78 Å². The monoisotopic (exact) mass is 590 g/mol. The van der Waals surface area contributed by atoms with Gasteiger partial charge in [0, 0.05) is 49.6 Å². The Bertz CT molecular complexity index is 1210. The number of benzene rings is 2. The molecular formula is C26H25IrN2O2-. The summed E-state index contributed by atoms with van der Waals surface area (Å²) in [6, 6.07) is 22.0. The van der Waals surface area contributed by atoms with Crippen LogP contribution in [0.3, 0.4) is 0 Å². The predicted molar refractivity (Wildman–Crippen MR) is 122 cm³/mol. The maximum absolute atomic E-state index is 10.0. The van der Waals surface area contributed by atoms with Gasteiger partial charge in [0.05, 0.1) is 11.3 Å². The third-order valence-electron chi connectivity index (χ3n) is 4.53. The van der Waals surface area contributed by atoms with Crippen molar-refractivity contribution in [3.63, 3.8) is 0 Å². The van der Waals surface area contributed by atoms with Gasteiger partial charge in [0.2, 0.25) is 0 Å². The standard InChI is InChI=1S/C21H17N2.C5H8O2.Ir/c1-15-6-5-7-17(12-15)19-9-8-18-14-21(23-10-3-4-11-23)16(2)13-20(18)22-19;1-4(6)3-5(2)7;/h3-6,8-14H,1-2H3;3,6H,1-2H3;/q-1;;/b;4-3-;. The summed E-state index contributed by atoms with van der Waals surface area (Å²) >= 11 is 0. The van der Waals surface area contributed by atoms with Crippen molar-refractivity contribution < 1.29 is 30.0 Å². The minimum absolute atomic E-state index is 0. The van der Waals surface area contributed by atoms with Crippen LogP contribution in [0.25, 0.3) is 27.8 Å². The smallest absolute Gasteiger partial charge is 0.155 e. The van der Waals surface area contributed by atoms with Gasteiger partial charge in [-0.05, 0) is 56.3 Å². The summed E-state index contributed by atoms with van der Waals surface area (Å²) in [5.74, 6) is -0.0625. The number of aliphatic hydroxyl groups excluding tert-OH is 1. The first-order valence-corrected chi connectivity index (χ1v) is 9.75. The SMILES string of the molecule is CC(=O)/C=C(/C)O.Cc1cc[c-]c(-c2ccc3cc(-n4cccc4)c(C)cc3n2)c1.[Ir]. The molecular weight excluding hydrogens is 565 g/mol. The molecule has 0 bridgehead atoms. The van der Waals surface area contributed by atoms with E-state index >= 15 is 0 Å². The van der Waals surface area contributed by atoms with Crippen LogP contribution < -0.4 is 0 Å². The molecule has 2 aromatic carbocycles. The van der Waals surface area contributed by atoms with Crippen molar-refractivity contribution >= 4 is 16.7 Å². The van der Waals surface area contributed by atoms with Crippen molar-refractivity contribution in [2.45, 2.75) is 27.7 Å². The molecule has 31 heavy (non-hydrogen) atoms. The molecule has 0 saturated heterocycles. The number of rotatable bonds is 3. The average molecular weight is 590 g/mol. The van der Waals surface area contributed by atoms with Crippen molar-refractivity contribution in [3.05, 3.63) is 96.0 Å². The molecule has 0 spiro atoms. The fraction of sp³-hybridized carbons (Fsp3) is 0.154. The number of aliphatic hydroxyl groups is 1. The van der Waals surface area contributed by atoms with Crippen molar-refractivity contribution in [3.8, 4) is 16.9 Å². The van der Waals surface area contributed by atoms with Gasteiger partial charge in [-0.2, -0.15) is 0 Å². The Morgan fingerprint density at radius 2 is 1.77 bits per heavy atom. The number of hydrogen-bond donors (Lipinski definition) is 1. The van der Waals surface area contributed by atoms with Gasteiger partial charge < -0.3 is 9.67 Å². The number of allylic oxidation sites excluding steroid dienone is 2. The molecule has 1 N–H and O–H groups in total. The first kappa shape index (κ1) is 24.3. The third kappa shape index (κ3) is 6.48. The molecule has 2 heterocycles. The maximum Gasteiger partial charge on any atom is 0.155 e. The third-order valence-corrected chi connectivity index (χ3v) is 4.53. The Balaban J connectivity index is 0.000000373. The summed E-state index contributed by atoms with van der Waals surface area (Å²) in [4.78, 5) is 14.8. The molecule has 161 valence electrons. The van der Waals surface area contributed by atoms with Gasteiger partial charge >= 0.3 is 0 Å². The summed E-state index contributed by atoms with van der Waals surface area (Å²) in [5, 5.41) is 9.51. The van der Waals surface area contributed by atoms with Crippen LogP contribution in [0.5, 0.6) is 0 Å². The molecule has 0 aliphatic rings. The second-order valence-corrected chi connectivity index (χ2v) is 7.29. The molecule has 2 aromatic heterocycles. The Labute approximate surface area is 196 Å². The number of nitrogens with zero attached hydrogens (tertiary/aromatic N) is 2. The predicted octanol–water partition coefficient (Wildman–Crippen LogP) is 6.14. The van der Waals surface area contributed by atoms with E-state index in [0.717, 1.165) is 22.2 Å².